The molecule has 1 aliphatic carbocycles. The Hall–Kier alpha value is -4.07. The summed E-state index contributed by atoms with van der Waals surface area (Å²) < 4.78 is 9.85. The third-order valence-corrected chi connectivity index (χ3v) is 4.72. The number of carbonyl (C=O) groups is 4. The highest BCUT2D eigenvalue weighted by molar-refractivity contribution is 6.52. The maximum Gasteiger partial charge on any atom is 0.354 e. The number of benzene rings is 1. The minimum Gasteiger partial charge on any atom is -0.464 e. The van der Waals surface area contributed by atoms with Crippen molar-refractivity contribution >= 4 is 23.5 Å². The topological polar surface area (TPSA) is 115 Å². The highest BCUT2D eigenvalue weighted by atomic mass is 16.5. The van der Waals surface area contributed by atoms with Crippen LogP contribution in [0.15, 0.2) is 42.5 Å². The lowest BCUT2D eigenvalue weighted by Crippen LogP contribution is -2.24. The Labute approximate surface area is 170 Å². The van der Waals surface area contributed by atoms with Gasteiger partial charge >= 0.3 is 11.9 Å². The lowest BCUT2D eigenvalue weighted by Gasteiger charge is -2.18. The lowest BCUT2D eigenvalue weighted by atomic mass is 9.88. The van der Waals surface area contributed by atoms with E-state index in [1.807, 2.05) is 6.07 Å². The summed E-state index contributed by atoms with van der Waals surface area (Å²) in [6.45, 7) is 1.78. The van der Waals surface area contributed by atoms with Crippen molar-refractivity contribution in [2.24, 2.45) is 0 Å². The first-order valence-corrected chi connectivity index (χ1v) is 9.14. The zero-order valence-electron chi connectivity index (χ0n) is 16.1. The Kier molecular flexibility index (Phi) is 4.75. The van der Waals surface area contributed by atoms with Crippen molar-refractivity contribution < 1.29 is 28.7 Å². The molecule has 0 amide bonds. The van der Waals surface area contributed by atoms with Crippen molar-refractivity contribution in [3.8, 4) is 22.5 Å². The molecule has 1 aromatic carbocycles. The molecule has 0 aliphatic heterocycles. The van der Waals surface area contributed by atoms with E-state index in [4.69, 9.17) is 4.74 Å². The Morgan fingerprint density at radius 1 is 1.03 bits per heavy atom. The van der Waals surface area contributed by atoms with Gasteiger partial charge in [0.2, 0.25) is 5.78 Å². The van der Waals surface area contributed by atoms with Gasteiger partial charge in [-0.2, -0.15) is 0 Å². The maximum atomic E-state index is 12.8. The number of nitrogens with zero attached hydrogens (tertiary/aromatic N) is 1. The zero-order valence-corrected chi connectivity index (χ0v) is 16.1. The van der Waals surface area contributed by atoms with Gasteiger partial charge in [-0.05, 0) is 19.1 Å². The molecular weight excluding hydrogens is 388 g/mol. The fourth-order valence-corrected chi connectivity index (χ4v) is 3.37. The van der Waals surface area contributed by atoms with E-state index in [2.05, 4.69) is 14.7 Å². The predicted molar refractivity (Wildman–Crippen MR) is 105 cm³/mol. The Morgan fingerprint density at radius 3 is 2.43 bits per heavy atom. The first kappa shape index (κ1) is 19.3. The van der Waals surface area contributed by atoms with Crippen molar-refractivity contribution in [2.45, 2.75) is 6.92 Å². The number of hydrogen-bond acceptors (Lipinski definition) is 7. The number of ketones is 2. The lowest BCUT2D eigenvalue weighted by molar-refractivity contribution is 0.0526. The molecule has 30 heavy (non-hydrogen) atoms. The van der Waals surface area contributed by atoms with Crippen LogP contribution >= 0.6 is 0 Å². The molecular formula is C22H16N2O6. The normalized spacial score (nSPS) is 12.2. The van der Waals surface area contributed by atoms with Crippen LogP contribution < -0.4 is 0 Å². The number of carbonyl (C=O) groups excluding carboxylic acids is 4. The van der Waals surface area contributed by atoms with Gasteiger partial charge in [-0.1, -0.05) is 30.3 Å². The largest absolute Gasteiger partial charge is 0.464 e. The summed E-state index contributed by atoms with van der Waals surface area (Å²) in [7, 11) is 1.20. The molecule has 8 nitrogen and oxygen atoms in total. The maximum absolute atomic E-state index is 12.8. The van der Waals surface area contributed by atoms with Crippen molar-refractivity contribution in [2.75, 3.05) is 13.7 Å². The van der Waals surface area contributed by atoms with Gasteiger partial charge < -0.3 is 14.5 Å². The monoisotopic (exact) mass is 404 g/mol. The summed E-state index contributed by atoms with van der Waals surface area (Å²) in [6.07, 6.45) is 0. The standard InChI is InChI=1S/C22H16N2O6/c1-3-30-21(27)12-9-14(11-7-5-4-6-8-11)23-18-16(12)17-13(19(25)20(18)26)10-15(24-17)22(28)29-2/h4-10,24H,3H2,1-2H3. The second-order valence-corrected chi connectivity index (χ2v) is 6.49. The van der Waals surface area contributed by atoms with Crippen molar-refractivity contribution in [1.29, 1.82) is 0 Å². The van der Waals surface area contributed by atoms with Gasteiger partial charge in [-0.3, -0.25) is 9.59 Å². The van der Waals surface area contributed by atoms with Gasteiger partial charge in [0.15, 0.2) is 0 Å². The first-order valence-electron chi connectivity index (χ1n) is 9.14. The highest BCUT2D eigenvalue weighted by Gasteiger charge is 2.38. The van der Waals surface area contributed by atoms with Crippen molar-refractivity contribution in [3.63, 3.8) is 0 Å². The van der Waals surface area contributed by atoms with Gasteiger partial charge in [0.25, 0.3) is 5.78 Å². The summed E-state index contributed by atoms with van der Waals surface area (Å²) in [4.78, 5) is 57.4. The van der Waals surface area contributed by atoms with Crippen molar-refractivity contribution in [3.05, 3.63) is 65.0 Å². The number of rotatable bonds is 4. The van der Waals surface area contributed by atoms with E-state index in [1.54, 1.807) is 31.2 Å². The molecule has 0 spiro atoms. The van der Waals surface area contributed by atoms with Crippen LogP contribution in [0.1, 0.15) is 48.6 Å². The van der Waals surface area contributed by atoms with E-state index in [-0.39, 0.29) is 40.4 Å². The van der Waals surface area contributed by atoms with Gasteiger partial charge in [0.05, 0.1) is 36.2 Å². The molecule has 0 atom stereocenters. The van der Waals surface area contributed by atoms with Crippen LogP contribution in [0.2, 0.25) is 0 Å². The van der Waals surface area contributed by atoms with E-state index in [1.165, 1.54) is 19.2 Å². The Balaban J connectivity index is 2.02. The highest BCUT2D eigenvalue weighted by Crippen LogP contribution is 2.37. The van der Waals surface area contributed by atoms with Gasteiger partial charge in [-0.25, -0.2) is 14.6 Å². The molecule has 0 saturated heterocycles. The van der Waals surface area contributed by atoms with E-state index in [0.717, 1.165) is 0 Å². The minimum absolute atomic E-state index is 0.0153. The smallest absolute Gasteiger partial charge is 0.354 e. The Morgan fingerprint density at radius 2 is 1.77 bits per heavy atom. The van der Waals surface area contributed by atoms with Gasteiger partial charge in [0, 0.05) is 11.1 Å². The second kappa shape index (κ2) is 7.40. The summed E-state index contributed by atoms with van der Waals surface area (Å²) in [5, 5.41) is 0. The van der Waals surface area contributed by atoms with E-state index in [9.17, 15) is 19.2 Å². The molecule has 1 N–H and O–H groups in total. The molecule has 0 unspecified atom stereocenters. The number of aromatic amines is 1. The number of Topliss-reactive ketones (excluding diaryl/α,β-unsaturated/α-hetero) is 2. The second-order valence-electron chi connectivity index (χ2n) is 6.49. The van der Waals surface area contributed by atoms with Crippen molar-refractivity contribution in [1.82, 2.24) is 9.97 Å². The molecule has 0 bridgehead atoms. The summed E-state index contributed by atoms with van der Waals surface area (Å²) in [5.41, 5.74) is 1.16. The van der Waals surface area contributed by atoms with Gasteiger partial charge in [-0.15, -0.1) is 0 Å². The molecule has 0 fully saturated rings. The summed E-state index contributed by atoms with van der Waals surface area (Å²) in [5.74, 6) is -3.07. The van der Waals surface area contributed by atoms with Crippen LogP contribution in [0.5, 0.6) is 0 Å². The number of nitrogens with one attached hydrogen (secondary N) is 1. The molecule has 2 heterocycles. The number of methoxy groups -OCH3 is 1. The molecule has 150 valence electrons. The van der Waals surface area contributed by atoms with E-state index in [0.29, 0.717) is 11.3 Å². The first-order chi connectivity index (χ1) is 14.5. The summed E-state index contributed by atoms with van der Waals surface area (Å²) in [6, 6.07) is 11.7. The fourth-order valence-electron chi connectivity index (χ4n) is 3.37. The fraction of sp³-hybridized carbons (Fsp3) is 0.136. The van der Waals surface area contributed by atoms with Crippen LogP contribution in [0.25, 0.3) is 22.5 Å². The number of aromatic nitrogens is 2. The van der Waals surface area contributed by atoms with E-state index >= 15 is 0 Å². The molecule has 3 aromatic rings. The number of hydrogen-bond donors (Lipinski definition) is 1. The molecule has 4 rings (SSSR count). The minimum atomic E-state index is -0.865. The van der Waals surface area contributed by atoms with Crippen LogP contribution in [-0.2, 0) is 9.47 Å². The predicted octanol–water partition coefficient (Wildman–Crippen LogP) is 3.09. The molecule has 0 radical (unpaired) electrons. The quantitative estimate of drug-likeness (QED) is 0.525. The molecule has 2 aromatic heterocycles. The van der Waals surface area contributed by atoms with Crippen LogP contribution in [-0.4, -0.2) is 47.2 Å². The molecule has 8 heteroatoms. The number of pyridine rings is 1. The number of ether oxygens (including phenoxy) is 2. The van der Waals surface area contributed by atoms with Gasteiger partial charge in [0.1, 0.15) is 11.4 Å². The average Bonchev–Trinajstić information content (AvgIpc) is 3.22. The summed E-state index contributed by atoms with van der Waals surface area (Å²) >= 11 is 0. The number of esters is 2. The van der Waals surface area contributed by atoms with Crippen LogP contribution in [0, 0.1) is 0 Å². The zero-order chi connectivity index (χ0) is 21.4. The third kappa shape index (κ3) is 2.98. The Bertz CT molecular complexity index is 1210. The van der Waals surface area contributed by atoms with Crippen LogP contribution in [0.4, 0.5) is 0 Å². The number of H-pyrrole nitrogens is 1. The van der Waals surface area contributed by atoms with E-state index < -0.39 is 23.5 Å². The number of fused-ring (bicyclic) bond motifs is 3. The average molecular weight is 404 g/mol. The van der Waals surface area contributed by atoms with Crippen LogP contribution in [0.3, 0.4) is 0 Å². The third-order valence-electron chi connectivity index (χ3n) is 4.72. The molecule has 1 aliphatic rings. The SMILES string of the molecule is CCOC(=O)c1cc(-c2ccccc2)nc2c1-c1[nH]c(C(=O)OC)cc1C(=O)C2=O. The molecule has 0 saturated carbocycles.